The first-order valence-corrected chi connectivity index (χ1v) is 12.2. The fourth-order valence-electron chi connectivity index (χ4n) is 5.20. The van der Waals surface area contributed by atoms with Crippen LogP contribution in [0.1, 0.15) is 51.5 Å². The monoisotopic (exact) mass is 468 g/mol. The van der Waals surface area contributed by atoms with Crippen molar-refractivity contribution in [1.29, 1.82) is 0 Å². The van der Waals surface area contributed by atoms with Gasteiger partial charge in [0.25, 0.3) is 0 Å². The van der Waals surface area contributed by atoms with Gasteiger partial charge in [0.05, 0.1) is 13.3 Å². The van der Waals surface area contributed by atoms with Crippen LogP contribution >= 0.6 is 0 Å². The molecule has 5 rings (SSSR count). The lowest BCUT2D eigenvalue weighted by molar-refractivity contribution is -0.134. The third-order valence-electron chi connectivity index (χ3n) is 7.17. The maximum absolute atomic E-state index is 11.5. The van der Waals surface area contributed by atoms with Gasteiger partial charge in [-0.25, -0.2) is 4.79 Å². The van der Waals surface area contributed by atoms with E-state index in [-0.39, 0.29) is 5.97 Å². The highest BCUT2D eigenvalue weighted by atomic mass is 16.5. The van der Waals surface area contributed by atoms with E-state index >= 15 is 0 Å². The number of aryl methyl sites for hydroxylation is 3. The highest BCUT2D eigenvalue weighted by Crippen LogP contribution is 2.37. The van der Waals surface area contributed by atoms with Crippen molar-refractivity contribution >= 4 is 22.9 Å². The SMILES string of the molecule is COC(=O)C=Cc1ccc2c(c1)CCC2N(CCc1c[nH]c2cc(C)ccc12)Cc1cn[nH]c1C. The molecule has 1 atom stereocenters. The van der Waals surface area contributed by atoms with Crippen molar-refractivity contribution in [2.24, 2.45) is 0 Å². The summed E-state index contributed by atoms with van der Waals surface area (Å²) in [6.07, 6.45) is 10.5. The molecule has 6 nitrogen and oxygen atoms in total. The highest BCUT2D eigenvalue weighted by molar-refractivity contribution is 5.87. The summed E-state index contributed by atoms with van der Waals surface area (Å²) in [6, 6.07) is 13.5. The molecule has 180 valence electrons. The molecule has 2 heterocycles. The van der Waals surface area contributed by atoms with Crippen molar-refractivity contribution in [1.82, 2.24) is 20.1 Å². The quantitative estimate of drug-likeness (QED) is 0.267. The summed E-state index contributed by atoms with van der Waals surface area (Å²) in [5, 5.41) is 8.66. The van der Waals surface area contributed by atoms with Crippen molar-refractivity contribution in [3.8, 4) is 0 Å². The first-order valence-electron chi connectivity index (χ1n) is 12.2. The van der Waals surface area contributed by atoms with E-state index in [1.807, 2.05) is 12.3 Å². The molecule has 0 radical (unpaired) electrons. The molecule has 0 aliphatic heterocycles. The van der Waals surface area contributed by atoms with E-state index in [4.69, 9.17) is 4.74 Å². The number of esters is 1. The number of nitrogens with one attached hydrogen (secondary N) is 2. The molecule has 1 aliphatic carbocycles. The second kappa shape index (κ2) is 9.92. The number of aromatic nitrogens is 3. The van der Waals surface area contributed by atoms with E-state index in [1.54, 1.807) is 0 Å². The molecule has 6 heteroatoms. The lowest BCUT2D eigenvalue weighted by Crippen LogP contribution is -2.29. The Balaban J connectivity index is 1.39. The van der Waals surface area contributed by atoms with Gasteiger partial charge in [-0.1, -0.05) is 30.3 Å². The first-order chi connectivity index (χ1) is 17.0. The fraction of sp³-hybridized carbons (Fsp3) is 0.310. The molecule has 2 aromatic heterocycles. The van der Waals surface area contributed by atoms with Crippen LogP contribution in [-0.2, 0) is 28.9 Å². The van der Waals surface area contributed by atoms with Crippen LogP contribution in [0.25, 0.3) is 17.0 Å². The average Bonchev–Trinajstić information content (AvgIpc) is 3.58. The zero-order chi connectivity index (χ0) is 24.4. The number of nitrogens with zero attached hydrogens (tertiary/aromatic N) is 2. The van der Waals surface area contributed by atoms with E-state index in [1.165, 1.54) is 51.9 Å². The maximum atomic E-state index is 11.5. The highest BCUT2D eigenvalue weighted by Gasteiger charge is 2.28. The standard InChI is InChI=1S/C29H32N4O2/c1-19-4-8-25-23(16-30-27(25)14-19)12-13-33(18-24-17-31-32-20(24)2)28-10-7-22-15-21(5-9-26(22)28)6-11-29(34)35-3/h4-6,8-9,11,14-17,28,30H,7,10,12-13,18H2,1-3H3,(H,31,32). The van der Waals surface area contributed by atoms with Gasteiger partial charge < -0.3 is 9.72 Å². The molecule has 0 amide bonds. The van der Waals surface area contributed by atoms with Crippen LogP contribution in [-0.4, -0.2) is 39.7 Å². The van der Waals surface area contributed by atoms with Gasteiger partial charge in [0.15, 0.2) is 0 Å². The summed E-state index contributed by atoms with van der Waals surface area (Å²) in [5.74, 6) is -0.336. The molecular formula is C29H32N4O2. The van der Waals surface area contributed by atoms with Gasteiger partial charge >= 0.3 is 5.97 Å². The fourth-order valence-corrected chi connectivity index (χ4v) is 5.20. The van der Waals surface area contributed by atoms with E-state index in [9.17, 15) is 4.79 Å². The molecule has 35 heavy (non-hydrogen) atoms. The topological polar surface area (TPSA) is 74.0 Å². The summed E-state index contributed by atoms with van der Waals surface area (Å²) in [4.78, 5) is 17.5. The summed E-state index contributed by atoms with van der Waals surface area (Å²) >= 11 is 0. The minimum Gasteiger partial charge on any atom is -0.466 e. The van der Waals surface area contributed by atoms with Crippen molar-refractivity contribution < 1.29 is 9.53 Å². The predicted octanol–water partition coefficient (Wildman–Crippen LogP) is 5.43. The number of carbonyl (C=O) groups is 1. The predicted molar refractivity (Wildman–Crippen MR) is 139 cm³/mol. The van der Waals surface area contributed by atoms with Gasteiger partial charge in [0.2, 0.25) is 0 Å². The molecule has 0 bridgehead atoms. The number of aromatic amines is 2. The average molecular weight is 469 g/mol. The van der Waals surface area contributed by atoms with E-state index in [2.05, 4.69) is 76.5 Å². The second-order valence-corrected chi connectivity index (χ2v) is 9.47. The van der Waals surface area contributed by atoms with Crippen LogP contribution in [0.4, 0.5) is 0 Å². The van der Waals surface area contributed by atoms with Gasteiger partial charge in [-0.2, -0.15) is 5.10 Å². The van der Waals surface area contributed by atoms with Crippen LogP contribution in [0, 0.1) is 13.8 Å². The Kier molecular flexibility index (Phi) is 6.55. The lowest BCUT2D eigenvalue weighted by atomic mass is 10.0. The van der Waals surface area contributed by atoms with Crippen LogP contribution in [0.5, 0.6) is 0 Å². The Morgan fingerprint density at radius 3 is 2.89 bits per heavy atom. The lowest BCUT2D eigenvalue weighted by Gasteiger charge is -2.29. The molecular weight excluding hydrogens is 436 g/mol. The van der Waals surface area contributed by atoms with Crippen LogP contribution in [0.15, 0.2) is 54.9 Å². The largest absolute Gasteiger partial charge is 0.466 e. The maximum Gasteiger partial charge on any atom is 0.330 e. The van der Waals surface area contributed by atoms with Gasteiger partial charge in [0, 0.05) is 53.6 Å². The Morgan fingerprint density at radius 1 is 1.20 bits per heavy atom. The zero-order valence-electron chi connectivity index (χ0n) is 20.6. The van der Waals surface area contributed by atoms with E-state index in [0.29, 0.717) is 6.04 Å². The molecule has 0 fully saturated rings. The van der Waals surface area contributed by atoms with Crippen molar-refractivity contribution in [3.05, 3.63) is 93.9 Å². The van der Waals surface area contributed by atoms with E-state index in [0.717, 1.165) is 43.6 Å². The van der Waals surface area contributed by atoms with Crippen molar-refractivity contribution in [2.75, 3.05) is 13.7 Å². The van der Waals surface area contributed by atoms with Gasteiger partial charge in [0.1, 0.15) is 0 Å². The number of fused-ring (bicyclic) bond motifs is 2. The van der Waals surface area contributed by atoms with E-state index < -0.39 is 0 Å². The van der Waals surface area contributed by atoms with Crippen molar-refractivity contribution in [3.63, 3.8) is 0 Å². The third-order valence-corrected chi connectivity index (χ3v) is 7.17. The molecule has 2 aromatic carbocycles. The third kappa shape index (κ3) is 4.93. The Bertz CT molecular complexity index is 1380. The van der Waals surface area contributed by atoms with Crippen molar-refractivity contribution in [2.45, 2.75) is 45.7 Å². The van der Waals surface area contributed by atoms with Crippen LogP contribution < -0.4 is 0 Å². The normalized spacial score (nSPS) is 15.4. The van der Waals surface area contributed by atoms with Gasteiger partial charge in [-0.15, -0.1) is 0 Å². The number of benzene rings is 2. The first kappa shape index (κ1) is 23.1. The molecule has 1 unspecified atom stereocenters. The number of methoxy groups -OCH3 is 1. The number of ether oxygens (including phenoxy) is 1. The van der Waals surface area contributed by atoms with Gasteiger partial charge in [-0.3, -0.25) is 10.00 Å². The number of hydrogen-bond acceptors (Lipinski definition) is 4. The Morgan fingerprint density at radius 2 is 2.09 bits per heavy atom. The molecule has 0 saturated carbocycles. The van der Waals surface area contributed by atoms with Crippen LogP contribution in [0.2, 0.25) is 0 Å². The zero-order valence-corrected chi connectivity index (χ0v) is 20.6. The minimum atomic E-state index is -0.336. The molecule has 0 saturated heterocycles. The number of carbonyl (C=O) groups excluding carboxylic acids is 1. The number of rotatable bonds is 8. The summed E-state index contributed by atoms with van der Waals surface area (Å²) < 4.78 is 4.72. The molecule has 1 aliphatic rings. The Hall–Kier alpha value is -3.64. The number of H-pyrrole nitrogens is 2. The number of hydrogen-bond donors (Lipinski definition) is 2. The summed E-state index contributed by atoms with van der Waals surface area (Å²) in [5.41, 5.74) is 9.97. The van der Waals surface area contributed by atoms with Crippen LogP contribution in [0.3, 0.4) is 0 Å². The summed E-state index contributed by atoms with van der Waals surface area (Å²) in [6.45, 7) is 6.03. The molecule has 4 aromatic rings. The Labute approximate surface area is 206 Å². The molecule has 0 spiro atoms. The van der Waals surface area contributed by atoms with Gasteiger partial charge in [-0.05, 0) is 73.1 Å². The molecule has 2 N–H and O–H groups in total. The summed E-state index contributed by atoms with van der Waals surface area (Å²) in [7, 11) is 1.40. The second-order valence-electron chi connectivity index (χ2n) is 9.47. The minimum absolute atomic E-state index is 0.336. The smallest absolute Gasteiger partial charge is 0.330 e.